The Bertz CT molecular complexity index is 1200. The lowest BCUT2D eigenvalue weighted by Gasteiger charge is -2.17. The molecule has 1 aliphatic rings. The molecule has 0 aliphatic carbocycles. The van der Waals surface area contributed by atoms with Gasteiger partial charge in [0.1, 0.15) is 16.2 Å². The number of benzene rings is 2. The minimum Gasteiger partial charge on any atom is -0.438 e. The van der Waals surface area contributed by atoms with Crippen LogP contribution in [0.5, 0.6) is 11.6 Å². The number of sulfonamides is 1. The van der Waals surface area contributed by atoms with Crippen molar-refractivity contribution in [3.63, 3.8) is 0 Å². The van der Waals surface area contributed by atoms with Crippen LogP contribution in [0.3, 0.4) is 0 Å². The Morgan fingerprint density at radius 2 is 1.77 bits per heavy atom. The average Bonchev–Trinajstić information content (AvgIpc) is 3.32. The fourth-order valence-corrected chi connectivity index (χ4v) is 5.31. The van der Waals surface area contributed by atoms with Crippen molar-refractivity contribution < 1.29 is 17.9 Å². The first-order chi connectivity index (χ1) is 14.9. The lowest BCUT2D eigenvalue weighted by molar-refractivity contribution is 0.102. The largest absolute Gasteiger partial charge is 0.438 e. The fraction of sp³-hybridized carbons (Fsp3) is 0.182. The van der Waals surface area contributed by atoms with Gasteiger partial charge in [-0.25, -0.2) is 13.4 Å². The number of nitrogens with one attached hydrogen (secondary N) is 1. The number of carbonyl (C=O) groups is 1. The van der Waals surface area contributed by atoms with Crippen LogP contribution in [-0.4, -0.2) is 36.7 Å². The molecule has 1 saturated heterocycles. The van der Waals surface area contributed by atoms with Crippen LogP contribution >= 0.6 is 11.6 Å². The third-order valence-electron chi connectivity index (χ3n) is 4.85. The van der Waals surface area contributed by atoms with Crippen molar-refractivity contribution in [2.75, 3.05) is 18.4 Å². The number of rotatable bonds is 6. The van der Waals surface area contributed by atoms with Crippen molar-refractivity contribution in [1.29, 1.82) is 0 Å². The molecule has 7 nitrogen and oxygen atoms in total. The number of anilines is 1. The Kier molecular flexibility index (Phi) is 6.22. The summed E-state index contributed by atoms with van der Waals surface area (Å²) >= 11 is 6.18. The van der Waals surface area contributed by atoms with Gasteiger partial charge in [-0.2, -0.15) is 4.31 Å². The molecule has 1 aliphatic heterocycles. The quantitative estimate of drug-likeness (QED) is 0.586. The Balaban J connectivity index is 1.59. The van der Waals surface area contributed by atoms with E-state index in [-0.39, 0.29) is 21.4 Å². The maximum Gasteiger partial charge on any atom is 0.261 e. The zero-order valence-corrected chi connectivity index (χ0v) is 18.1. The Morgan fingerprint density at radius 1 is 1.03 bits per heavy atom. The van der Waals surface area contributed by atoms with Crippen LogP contribution in [0.25, 0.3) is 0 Å². The number of para-hydroxylation sites is 1. The van der Waals surface area contributed by atoms with Crippen molar-refractivity contribution in [2.24, 2.45) is 0 Å². The Labute approximate surface area is 185 Å². The van der Waals surface area contributed by atoms with E-state index < -0.39 is 15.9 Å². The molecular weight excluding hydrogens is 438 g/mol. The first kappa shape index (κ1) is 21.3. The van der Waals surface area contributed by atoms with Crippen molar-refractivity contribution in [1.82, 2.24) is 9.29 Å². The van der Waals surface area contributed by atoms with Gasteiger partial charge >= 0.3 is 0 Å². The van der Waals surface area contributed by atoms with E-state index in [9.17, 15) is 13.2 Å². The third kappa shape index (κ3) is 4.71. The summed E-state index contributed by atoms with van der Waals surface area (Å²) in [5.74, 6) is 0.205. The Morgan fingerprint density at radius 3 is 2.52 bits per heavy atom. The third-order valence-corrected chi connectivity index (χ3v) is 7.23. The smallest absolute Gasteiger partial charge is 0.261 e. The van der Waals surface area contributed by atoms with Crippen LogP contribution < -0.4 is 10.1 Å². The minimum absolute atomic E-state index is 0.0270. The highest BCUT2D eigenvalue weighted by atomic mass is 35.5. The van der Waals surface area contributed by atoms with Crippen molar-refractivity contribution in [3.05, 3.63) is 77.4 Å². The second-order valence-corrected chi connectivity index (χ2v) is 9.30. The first-order valence-electron chi connectivity index (χ1n) is 9.74. The van der Waals surface area contributed by atoms with Crippen molar-refractivity contribution >= 4 is 33.2 Å². The Hall–Kier alpha value is -2.94. The fourth-order valence-electron chi connectivity index (χ4n) is 3.29. The van der Waals surface area contributed by atoms with Crippen LogP contribution in [0.15, 0.2) is 71.8 Å². The van der Waals surface area contributed by atoms with Crippen LogP contribution in [0.1, 0.15) is 23.2 Å². The summed E-state index contributed by atoms with van der Waals surface area (Å²) in [6.07, 6.45) is 3.16. The standard InChI is InChI=1S/C22H20ClN3O4S/c23-19-11-10-16(15-20(19)31(28,29)26-13-4-5-14-26)25-21(27)18-9-6-12-24-22(18)30-17-7-2-1-3-8-17/h1-3,6-12,15H,4-5,13-14H2,(H,25,27). The molecule has 31 heavy (non-hydrogen) atoms. The van der Waals surface area contributed by atoms with Gasteiger partial charge in [0, 0.05) is 25.0 Å². The van der Waals surface area contributed by atoms with Gasteiger partial charge in [-0.1, -0.05) is 29.8 Å². The van der Waals surface area contributed by atoms with E-state index in [1.54, 1.807) is 30.3 Å². The highest BCUT2D eigenvalue weighted by Gasteiger charge is 2.29. The van der Waals surface area contributed by atoms with E-state index in [4.69, 9.17) is 16.3 Å². The number of hydrogen-bond acceptors (Lipinski definition) is 5. The van der Waals surface area contributed by atoms with E-state index in [1.165, 1.54) is 22.6 Å². The van der Waals surface area contributed by atoms with E-state index in [0.717, 1.165) is 12.8 Å². The molecule has 4 rings (SSSR count). The SMILES string of the molecule is O=C(Nc1ccc(Cl)c(S(=O)(=O)N2CCCC2)c1)c1cccnc1Oc1ccccc1. The maximum atomic E-state index is 12.9. The average molecular weight is 458 g/mol. The molecule has 1 fully saturated rings. The van der Waals surface area contributed by atoms with Gasteiger partial charge in [-0.3, -0.25) is 4.79 Å². The van der Waals surface area contributed by atoms with Crippen molar-refractivity contribution in [3.8, 4) is 11.6 Å². The predicted molar refractivity (Wildman–Crippen MR) is 118 cm³/mol. The second kappa shape index (κ2) is 9.05. The molecule has 0 unspecified atom stereocenters. The molecule has 0 atom stereocenters. The number of aromatic nitrogens is 1. The van der Waals surface area contributed by atoms with Gasteiger partial charge in [0.15, 0.2) is 0 Å². The van der Waals surface area contributed by atoms with Crippen LogP contribution in [-0.2, 0) is 10.0 Å². The molecular formula is C22H20ClN3O4S. The molecule has 9 heteroatoms. The predicted octanol–water partition coefficient (Wildman–Crippen LogP) is 4.56. The normalized spacial score (nSPS) is 14.4. The zero-order valence-electron chi connectivity index (χ0n) is 16.5. The summed E-state index contributed by atoms with van der Waals surface area (Å²) in [5, 5.41) is 2.82. The molecule has 0 radical (unpaired) electrons. The zero-order chi connectivity index (χ0) is 21.8. The number of halogens is 1. The number of carbonyl (C=O) groups excluding carboxylic acids is 1. The van der Waals surface area contributed by atoms with E-state index in [1.807, 2.05) is 18.2 Å². The molecule has 2 aromatic carbocycles. The number of hydrogen-bond donors (Lipinski definition) is 1. The van der Waals surface area contributed by atoms with Gasteiger partial charge in [0.25, 0.3) is 5.91 Å². The van der Waals surface area contributed by atoms with E-state index in [2.05, 4.69) is 10.3 Å². The van der Waals surface area contributed by atoms with E-state index >= 15 is 0 Å². The molecule has 0 saturated carbocycles. The summed E-state index contributed by atoms with van der Waals surface area (Å²) in [5.41, 5.74) is 0.520. The molecule has 0 spiro atoms. The highest BCUT2D eigenvalue weighted by Crippen LogP contribution is 2.30. The molecule has 3 aromatic rings. The molecule has 1 amide bonds. The number of amides is 1. The topological polar surface area (TPSA) is 88.6 Å². The lowest BCUT2D eigenvalue weighted by atomic mass is 10.2. The number of ether oxygens (including phenoxy) is 1. The van der Waals surface area contributed by atoms with E-state index in [0.29, 0.717) is 24.5 Å². The summed E-state index contributed by atoms with van der Waals surface area (Å²) in [6, 6.07) is 16.6. The van der Waals surface area contributed by atoms with Gasteiger partial charge in [0.05, 0.1) is 5.02 Å². The van der Waals surface area contributed by atoms with Crippen molar-refractivity contribution in [2.45, 2.75) is 17.7 Å². The molecule has 1 aromatic heterocycles. The minimum atomic E-state index is -3.73. The number of pyridine rings is 1. The second-order valence-electron chi connectivity index (χ2n) is 6.98. The molecule has 1 N–H and O–H groups in total. The summed E-state index contributed by atoms with van der Waals surface area (Å²) < 4.78 is 33.0. The molecule has 2 heterocycles. The van der Waals surface area contributed by atoms with Gasteiger partial charge in [0.2, 0.25) is 15.9 Å². The first-order valence-corrected chi connectivity index (χ1v) is 11.6. The monoisotopic (exact) mass is 457 g/mol. The summed E-state index contributed by atoms with van der Waals surface area (Å²) in [6.45, 7) is 0.927. The lowest BCUT2D eigenvalue weighted by Crippen LogP contribution is -2.28. The van der Waals surface area contributed by atoms with Crippen LogP contribution in [0.4, 0.5) is 5.69 Å². The maximum absolute atomic E-state index is 12.9. The highest BCUT2D eigenvalue weighted by molar-refractivity contribution is 7.89. The van der Waals surface area contributed by atoms with Gasteiger partial charge in [-0.05, 0) is 55.3 Å². The summed E-state index contributed by atoms with van der Waals surface area (Å²) in [7, 11) is -3.73. The summed E-state index contributed by atoms with van der Waals surface area (Å²) in [4.78, 5) is 17.0. The molecule has 0 bridgehead atoms. The van der Waals surface area contributed by atoms with Gasteiger partial charge < -0.3 is 10.1 Å². The van der Waals surface area contributed by atoms with Crippen LogP contribution in [0, 0.1) is 0 Å². The molecule has 160 valence electrons. The number of nitrogens with zero attached hydrogens (tertiary/aromatic N) is 2. The van der Waals surface area contributed by atoms with Gasteiger partial charge in [-0.15, -0.1) is 0 Å². The van der Waals surface area contributed by atoms with Crippen LogP contribution in [0.2, 0.25) is 5.02 Å².